The van der Waals surface area contributed by atoms with Gasteiger partial charge in [0.05, 0.1) is 28.1 Å². The van der Waals surface area contributed by atoms with Gasteiger partial charge in [0.1, 0.15) is 16.7 Å². The molecule has 14 heteroatoms. The van der Waals surface area contributed by atoms with Crippen molar-refractivity contribution in [2.45, 2.75) is 36.0 Å². The van der Waals surface area contributed by atoms with Gasteiger partial charge in [-0.2, -0.15) is 10.4 Å². The summed E-state index contributed by atoms with van der Waals surface area (Å²) in [6.45, 7) is 0. The molecule has 0 bridgehead atoms. The van der Waals surface area contributed by atoms with Crippen molar-refractivity contribution in [2.24, 2.45) is 10.9 Å². The molecule has 4 rings (SSSR count). The van der Waals surface area contributed by atoms with E-state index in [1.807, 2.05) is 6.07 Å². The van der Waals surface area contributed by atoms with Gasteiger partial charge in [-0.25, -0.2) is 9.67 Å². The minimum absolute atomic E-state index is 0.0507. The van der Waals surface area contributed by atoms with Crippen LogP contribution in [0.1, 0.15) is 36.9 Å². The molecule has 2 aromatic rings. The van der Waals surface area contributed by atoms with Crippen molar-refractivity contribution in [3.63, 3.8) is 0 Å². The number of carbonyl (C=O) groups excluding carboxylic acids is 1. The number of aliphatic imine (C=N–C) groups is 1. The highest BCUT2D eigenvalue weighted by atomic mass is 35.5. The average Bonchev–Trinajstić information content (AvgIpc) is 3.62. The Kier molecular flexibility index (Phi) is 4.93. The highest BCUT2D eigenvalue weighted by Gasteiger charge is 2.65. The molecule has 6 nitrogen and oxygen atoms in total. The minimum Gasteiger partial charge on any atom is -0.468 e. The SMILES string of the molecule is COC(=O)C1(c2c(C#N)nn(-c3c(Cl)cc(S(F)(F)(F)(F)F)cc3Cl)c2/N=C/C2CC2)CC1. The summed E-state index contributed by atoms with van der Waals surface area (Å²) in [4.78, 5) is 14.6. The first-order chi connectivity index (χ1) is 15.1. The first-order valence-corrected chi connectivity index (χ1v) is 12.2. The maximum Gasteiger partial charge on any atom is 0.316 e. The van der Waals surface area contributed by atoms with Crippen molar-refractivity contribution >= 4 is 51.4 Å². The molecule has 1 heterocycles. The molecule has 2 fully saturated rings. The molecule has 0 spiro atoms. The standard InChI is InChI=1S/C19H15Cl2F5N4O2S/c1-32-18(31)19(4-5-19)15-14(8-27)29-30(17(15)28-9-10-2-3-10)16-12(20)6-11(7-13(16)21)33(22,23,24,25)26/h6-7,9-10H,2-5H2,1H3/b28-9+. The number of aromatic nitrogens is 2. The predicted molar refractivity (Wildman–Crippen MR) is 114 cm³/mol. The number of hydrogen-bond donors (Lipinski definition) is 0. The maximum absolute atomic E-state index is 13.3. The molecule has 0 N–H and O–H groups in total. The third kappa shape index (κ3) is 4.29. The molecule has 0 radical (unpaired) electrons. The van der Waals surface area contributed by atoms with E-state index in [1.165, 1.54) is 7.11 Å². The van der Waals surface area contributed by atoms with Gasteiger partial charge in [-0.3, -0.25) is 4.79 Å². The van der Waals surface area contributed by atoms with Gasteiger partial charge in [-0.1, -0.05) is 42.6 Å². The number of nitrogens with zero attached hydrogens (tertiary/aromatic N) is 4. The lowest BCUT2D eigenvalue weighted by molar-refractivity contribution is -0.143. The van der Waals surface area contributed by atoms with E-state index in [2.05, 4.69) is 10.1 Å². The number of nitriles is 1. The van der Waals surface area contributed by atoms with Crippen molar-refractivity contribution in [2.75, 3.05) is 7.11 Å². The molecule has 33 heavy (non-hydrogen) atoms. The van der Waals surface area contributed by atoms with Crippen LogP contribution in [-0.2, 0) is 14.9 Å². The fraction of sp³-hybridized carbons (Fsp3) is 0.368. The van der Waals surface area contributed by atoms with Crippen molar-refractivity contribution in [3.05, 3.63) is 33.4 Å². The number of methoxy groups -OCH3 is 1. The van der Waals surface area contributed by atoms with Crippen LogP contribution in [-0.4, -0.2) is 29.1 Å². The second-order valence-electron chi connectivity index (χ2n) is 7.96. The molecule has 2 aliphatic carbocycles. The second kappa shape index (κ2) is 6.84. The zero-order valence-corrected chi connectivity index (χ0v) is 19.1. The molecule has 0 aliphatic heterocycles. The number of esters is 1. The van der Waals surface area contributed by atoms with Gasteiger partial charge in [-0.15, -0.1) is 0 Å². The van der Waals surface area contributed by atoms with Crippen LogP contribution in [0.4, 0.5) is 25.2 Å². The summed E-state index contributed by atoms with van der Waals surface area (Å²) in [6.07, 6.45) is 3.95. The van der Waals surface area contributed by atoms with E-state index < -0.39 is 36.5 Å². The maximum atomic E-state index is 13.3. The van der Waals surface area contributed by atoms with Crippen LogP contribution in [0, 0.1) is 17.2 Å². The monoisotopic (exact) mass is 528 g/mol. The fourth-order valence-electron chi connectivity index (χ4n) is 3.47. The number of hydrogen-bond acceptors (Lipinski definition) is 5. The van der Waals surface area contributed by atoms with E-state index in [0.717, 1.165) is 17.5 Å². The summed E-state index contributed by atoms with van der Waals surface area (Å²) >= 11 is 12.0. The van der Waals surface area contributed by atoms with Gasteiger partial charge in [-0.05, 0) is 43.7 Å². The van der Waals surface area contributed by atoms with Gasteiger partial charge in [0.2, 0.25) is 0 Å². The summed E-state index contributed by atoms with van der Waals surface area (Å²) in [5, 5.41) is 12.2. The quantitative estimate of drug-likeness (QED) is 0.229. The average molecular weight is 529 g/mol. The normalized spacial score (nSPS) is 19.6. The van der Waals surface area contributed by atoms with Crippen LogP contribution >= 0.6 is 33.4 Å². The zero-order chi connectivity index (χ0) is 24.5. The van der Waals surface area contributed by atoms with Crippen LogP contribution in [0.3, 0.4) is 0 Å². The van der Waals surface area contributed by atoms with Gasteiger partial charge < -0.3 is 4.74 Å². The lowest BCUT2D eigenvalue weighted by Crippen LogP contribution is -2.22. The van der Waals surface area contributed by atoms with Crippen molar-refractivity contribution in [1.82, 2.24) is 9.78 Å². The van der Waals surface area contributed by atoms with Gasteiger partial charge >= 0.3 is 16.2 Å². The van der Waals surface area contributed by atoms with Crippen molar-refractivity contribution in [1.29, 1.82) is 5.26 Å². The van der Waals surface area contributed by atoms with Crippen molar-refractivity contribution < 1.29 is 29.0 Å². The summed E-state index contributed by atoms with van der Waals surface area (Å²) in [7, 11) is -8.89. The molecule has 0 unspecified atom stereocenters. The first-order valence-electron chi connectivity index (χ1n) is 9.51. The lowest BCUT2D eigenvalue weighted by atomic mass is 9.95. The fourth-order valence-corrected chi connectivity index (χ4v) is 4.93. The molecule has 1 aromatic heterocycles. The smallest absolute Gasteiger partial charge is 0.316 e. The molecule has 0 amide bonds. The predicted octanol–water partition coefficient (Wildman–Crippen LogP) is 7.03. The Morgan fingerprint density at radius 3 is 2.27 bits per heavy atom. The van der Waals surface area contributed by atoms with Gasteiger partial charge in [0, 0.05) is 6.21 Å². The lowest BCUT2D eigenvalue weighted by Gasteiger charge is -2.40. The largest absolute Gasteiger partial charge is 0.468 e. The van der Waals surface area contributed by atoms with E-state index in [-0.39, 0.29) is 40.8 Å². The van der Waals surface area contributed by atoms with Crippen LogP contribution in [0.2, 0.25) is 10.0 Å². The Balaban J connectivity index is 1.98. The highest BCUT2D eigenvalue weighted by molar-refractivity contribution is 8.45. The van der Waals surface area contributed by atoms with E-state index in [4.69, 9.17) is 27.9 Å². The van der Waals surface area contributed by atoms with E-state index in [1.54, 1.807) is 6.21 Å². The zero-order valence-electron chi connectivity index (χ0n) is 16.8. The molecule has 178 valence electrons. The molecular formula is C19H15Cl2F5N4O2S. The van der Waals surface area contributed by atoms with Crippen LogP contribution in [0.15, 0.2) is 22.0 Å². The number of benzene rings is 1. The van der Waals surface area contributed by atoms with Crippen LogP contribution in [0.25, 0.3) is 5.69 Å². The number of rotatable bonds is 6. The Labute approximate surface area is 194 Å². The summed E-state index contributed by atoms with van der Waals surface area (Å²) in [6, 6.07) is 1.96. The molecule has 0 atom stereocenters. The minimum atomic E-state index is -10.1. The molecule has 2 aliphatic rings. The van der Waals surface area contributed by atoms with E-state index in [9.17, 15) is 29.5 Å². The summed E-state index contributed by atoms with van der Waals surface area (Å²) in [5.74, 6) is -0.540. The number of carbonyl (C=O) groups is 1. The number of halogens is 7. The Hall–Kier alpha value is -2.36. The first kappa shape index (κ1) is 23.8. The van der Waals surface area contributed by atoms with Crippen LogP contribution in [0.5, 0.6) is 0 Å². The third-order valence-corrected chi connectivity index (χ3v) is 7.15. The molecule has 1 aromatic carbocycles. The topological polar surface area (TPSA) is 80.3 Å². The van der Waals surface area contributed by atoms with E-state index >= 15 is 0 Å². The van der Waals surface area contributed by atoms with Crippen LogP contribution < -0.4 is 0 Å². The molecule has 0 saturated heterocycles. The van der Waals surface area contributed by atoms with Gasteiger partial charge in [0.15, 0.2) is 11.5 Å². The third-order valence-electron chi connectivity index (χ3n) is 5.45. The molecule has 2 saturated carbocycles. The summed E-state index contributed by atoms with van der Waals surface area (Å²) in [5.41, 5.74) is -1.70. The Morgan fingerprint density at radius 1 is 1.27 bits per heavy atom. The van der Waals surface area contributed by atoms with E-state index in [0.29, 0.717) is 12.8 Å². The number of ether oxygens (including phenoxy) is 1. The van der Waals surface area contributed by atoms with Gasteiger partial charge in [0.25, 0.3) is 0 Å². The molecular weight excluding hydrogens is 514 g/mol. The second-order valence-corrected chi connectivity index (χ2v) is 11.2. The Morgan fingerprint density at radius 2 is 1.85 bits per heavy atom. The highest BCUT2D eigenvalue weighted by Crippen LogP contribution is 3.02. The summed E-state index contributed by atoms with van der Waals surface area (Å²) < 4.78 is 72.3. The van der Waals surface area contributed by atoms with Crippen molar-refractivity contribution in [3.8, 4) is 11.8 Å². The Bertz CT molecular complexity index is 1240.